The monoisotopic (exact) mass is 308 g/mol. The minimum Gasteiger partial charge on any atom is -0.497 e. The van der Waals surface area contributed by atoms with Gasteiger partial charge in [0.15, 0.2) is 0 Å². The number of hydrogen-bond acceptors (Lipinski definition) is 1. The molecule has 0 heterocycles. The van der Waals surface area contributed by atoms with E-state index in [1.54, 1.807) is 7.11 Å². The molecule has 0 aromatic heterocycles. The molecule has 0 unspecified atom stereocenters. The van der Waals surface area contributed by atoms with Crippen molar-refractivity contribution in [3.63, 3.8) is 0 Å². The van der Waals surface area contributed by atoms with E-state index in [4.69, 9.17) is 16.3 Å². The van der Waals surface area contributed by atoms with Gasteiger partial charge in [-0.15, -0.1) is 0 Å². The van der Waals surface area contributed by atoms with Crippen molar-refractivity contribution in [3.8, 4) is 5.75 Å². The molecule has 2 aromatic rings. The van der Waals surface area contributed by atoms with Crippen molar-refractivity contribution >= 4 is 22.7 Å². The lowest BCUT2D eigenvalue weighted by atomic mass is 9.87. The van der Waals surface area contributed by atoms with E-state index in [1.807, 2.05) is 24.3 Å². The van der Waals surface area contributed by atoms with Gasteiger partial charge in [0, 0.05) is 16.9 Å². The number of benzene rings is 2. The van der Waals surface area contributed by atoms with Crippen LogP contribution in [0.5, 0.6) is 5.75 Å². The van der Waals surface area contributed by atoms with Gasteiger partial charge in [-0.1, -0.05) is 48.0 Å². The largest absolute Gasteiger partial charge is 0.497 e. The van der Waals surface area contributed by atoms with Crippen LogP contribution in [-0.4, -0.2) is 7.11 Å². The Bertz CT molecular complexity index is 753. The highest BCUT2D eigenvalue weighted by molar-refractivity contribution is 6.30. The number of ether oxygens (including phenoxy) is 1. The summed E-state index contributed by atoms with van der Waals surface area (Å²) in [4.78, 5) is 0. The van der Waals surface area contributed by atoms with E-state index < -0.39 is 0 Å². The van der Waals surface area contributed by atoms with Gasteiger partial charge in [-0.05, 0) is 53.0 Å². The number of methoxy groups -OCH3 is 1. The Morgan fingerprint density at radius 1 is 0.818 bits per heavy atom. The van der Waals surface area contributed by atoms with E-state index in [2.05, 4.69) is 36.4 Å². The number of hydrogen-bond donors (Lipinski definition) is 0. The highest BCUT2D eigenvalue weighted by Gasteiger charge is 2.36. The van der Waals surface area contributed by atoms with E-state index in [0.717, 1.165) is 10.8 Å². The standard InChI is InChI=1S/C20H17ClO/c1-22-18-10-6-14(7-11-18)20-16-3-2-15(12-16)19(20)13-4-8-17(21)9-5-13/h2-11,15-16H,12H2,1H3/t15-,16+/m0/s1. The average Bonchev–Trinajstić information content (AvgIpc) is 3.17. The Kier molecular flexibility index (Phi) is 3.31. The molecule has 0 fully saturated rings. The van der Waals surface area contributed by atoms with Crippen LogP contribution in [0.4, 0.5) is 0 Å². The smallest absolute Gasteiger partial charge is 0.118 e. The van der Waals surface area contributed by atoms with Crippen molar-refractivity contribution in [2.24, 2.45) is 11.8 Å². The molecular formula is C20H17ClO. The summed E-state index contributed by atoms with van der Waals surface area (Å²) >= 11 is 6.04. The summed E-state index contributed by atoms with van der Waals surface area (Å²) in [5.74, 6) is 1.96. The second kappa shape index (κ2) is 5.33. The van der Waals surface area contributed by atoms with Gasteiger partial charge >= 0.3 is 0 Å². The highest BCUT2D eigenvalue weighted by atomic mass is 35.5. The second-order valence-corrected chi connectivity index (χ2v) is 6.33. The Hall–Kier alpha value is -1.99. The van der Waals surface area contributed by atoms with Gasteiger partial charge in [0.05, 0.1) is 7.11 Å². The summed E-state index contributed by atoms with van der Waals surface area (Å²) in [6, 6.07) is 16.6. The zero-order valence-electron chi connectivity index (χ0n) is 12.4. The van der Waals surface area contributed by atoms with Gasteiger partial charge in [0.1, 0.15) is 5.75 Å². The van der Waals surface area contributed by atoms with E-state index in [-0.39, 0.29) is 0 Å². The molecule has 2 aliphatic rings. The molecule has 2 aliphatic carbocycles. The van der Waals surface area contributed by atoms with Crippen molar-refractivity contribution in [1.82, 2.24) is 0 Å². The number of halogens is 1. The lowest BCUT2D eigenvalue weighted by molar-refractivity contribution is 0.415. The fourth-order valence-corrected chi connectivity index (χ4v) is 3.79. The van der Waals surface area contributed by atoms with Crippen LogP contribution in [-0.2, 0) is 0 Å². The van der Waals surface area contributed by atoms with Crippen molar-refractivity contribution in [3.05, 3.63) is 76.8 Å². The number of fused-ring (bicyclic) bond motifs is 2. The molecule has 0 spiro atoms. The van der Waals surface area contributed by atoms with Gasteiger partial charge in [-0.25, -0.2) is 0 Å². The third-order valence-electron chi connectivity index (χ3n) is 4.67. The van der Waals surface area contributed by atoms with Gasteiger partial charge < -0.3 is 4.74 Å². The van der Waals surface area contributed by atoms with Crippen LogP contribution in [0.15, 0.2) is 60.7 Å². The molecule has 0 aliphatic heterocycles. The van der Waals surface area contributed by atoms with E-state index in [0.29, 0.717) is 11.8 Å². The molecule has 2 heteroatoms. The summed E-state index contributed by atoms with van der Waals surface area (Å²) in [6.07, 6.45) is 5.89. The van der Waals surface area contributed by atoms with Crippen molar-refractivity contribution in [2.45, 2.75) is 6.42 Å². The maximum absolute atomic E-state index is 6.04. The van der Waals surface area contributed by atoms with Crippen molar-refractivity contribution in [2.75, 3.05) is 7.11 Å². The molecule has 0 amide bonds. The van der Waals surface area contributed by atoms with Crippen LogP contribution in [0.2, 0.25) is 5.02 Å². The Balaban J connectivity index is 1.83. The number of allylic oxidation sites excluding steroid dienone is 4. The van der Waals surface area contributed by atoms with Gasteiger partial charge in [0.2, 0.25) is 0 Å². The van der Waals surface area contributed by atoms with Crippen molar-refractivity contribution < 1.29 is 4.74 Å². The van der Waals surface area contributed by atoms with Crippen LogP contribution in [0.3, 0.4) is 0 Å². The first kappa shape index (κ1) is 13.7. The van der Waals surface area contributed by atoms with Gasteiger partial charge in [-0.3, -0.25) is 0 Å². The molecule has 2 bridgehead atoms. The zero-order valence-corrected chi connectivity index (χ0v) is 13.2. The molecular weight excluding hydrogens is 292 g/mol. The SMILES string of the molecule is COc1ccc(C2=C(c3ccc(Cl)cc3)[C@H]3C=C[C@@H]2C3)cc1. The molecule has 4 rings (SSSR count). The van der Waals surface area contributed by atoms with E-state index in [1.165, 1.54) is 28.7 Å². The predicted molar refractivity (Wildman–Crippen MR) is 92.0 cm³/mol. The Labute approximate surface area is 135 Å². The molecule has 0 saturated heterocycles. The topological polar surface area (TPSA) is 9.23 Å². The normalized spacial score (nSPS) is 22.5. The molecule has 22 heavy (non-hydrogen) atoms. The molecule has 1 nitrogen and oxygen atoms in total. The molecule has 2 aromatic carbocycles. The quantitative estimate of drug-likeness (QED) is 0.684. The molecule has 110 valence electrons. The fourth-order valence-electron chi connectivity index (χ4n) is 3.67. The minimum atomic E-state index is 0.531. The first-order valence-electron chi connectivity index (χ1n) is 7.59. The third kappa shape index (κ3) is 2.17. The van der Waals surface area contributed by atoms with Crippen molar-refractivity contribution in [1.29, 1.82) is 0 Å². The average molecular weight is 309 g/mol. The highest BCUT2D eigenvalue weighted by Crippen LogP contribution is 2.52. The van der Waals surface area contributed by atoms with Crippen LogP contribution >= 0.6 is 11.6 Å². The van der Waals surface area contributed by atoms with E-state index in [9.17, 15) is 0 Å². The van der Waals surface area contributed by atoms with Crippen LogP contribution < -0.4 is 4.74 Å². The fraction of sp³-hybridized carbons (Fsp3) is 0.200. The maximum Gasteiger partial charge on any atom is 0.118 e. The van der Waals surface area contributed by atoms with E-state index >= 15 is 0 Å². The first-order valence-corrected chi connectivity index (χ1v) is 7.97. The Morgan fingerprint density at radius 3 is 1.82 bits per heavy atom. The van der Waals surface area contributed by atoms with Gasteiger partial charge in [-0.2, -0.15) is 0 Å². The predicted octanol–water partition coefficient (Wildman–Crippen LogP) is 5.47. The number of rotatable bonds is 3. The third-order valence-corrected chi connectivity index (χ3v) is 4.92. The molecule has 0 N–H and O–H groups in total. The van der Waals surface area contributed by atoms with Crippen LogP contribution in [0, 0.1) is 11.8 Å². The Morgan fingerprint density at radius 2 is 1.32 bits per heavy atom. The van der Waals surface area contributed by atoms with Crippen LogP contribution in [0.25, 0.3) is 11.1 Å². The molecule has 0 radical (unpaired) electrons. The summed E-state index contributed by atoms with van der Waals surface area (Å²) in [5, 5.41) is 0.786. The molecule has 2 atom stereocenters. The summed E-state index contributed by atoms with van der Waals surface area (Å²) in [7, 11) is 1.70. The van der Waals surface area contributed by atoms with Gasteiger partial charge in [0.25, 0.3) is 0 Å². The first-order chi connectivity index (χ1) is 10.8. The van der Waals surface area contributed by atoms with Crippen LogP contribution in [0.1, 0.15) is 17.5 Å². The second-order valence-electron chi connectivity index (χ2n) is 5.90. The maximum atomic E-state index is 6.04. The lowest BCUT2D eigenvalue weighted by Gasteiger charge is -2.17. The molecule has 0 saturated carbocycles. The summed E-state index contributed by atoms with van der Waals surface area (Å²) < 4.78 is 5.27. The summed E-state index contributed by atoms with van der Waals surface area (Å²) in [6.45, 7) is 0. The lowest BCUT2D eigenvalue weighted by Crippen LogP contribution is -1.98. The summed E-state index contributed by atoms with van der Waals surface area (Å²) in [5.41, 5.74) is 5.49. The zero-order chi connectivity index (χ0) is 15.1. The minimum absolute atomic E-state index is 0.531.